The number of rotatable bonds is 4. The molecule has 2 aromatic rings. The molecule has 2 rings (SSSR count). The fourth-order valence-electron chi connectivity index (χ4n) is 2.32. The third-order valence-electron chi connectivity index (χ3n) is 3.56. The van der Waals surface area contributed by atoms with Crippen LogP contribution in [0.15, 0.2) is 54.6 Å². The van der Waals surface area contributed by atoms with E-state index >= 15 is 0 Å². The van der Waals surface area contributed by atoms with Crippen molar-refractivity contribution >= 4 is 17.6 Å². The van der Waals surface area contributed by atoms with Crippen LogP contribution in [0.4, 0.5) is 0 Å². The molecule has 1 nitrogen and oxygen atoms in total. The predicted octanol–water partition coefficient (Wildman–Crippen LogP) is 1.59. The minimum Gasteiger partial charge on any atom is -0.313 e. The van der Waals surface area contributed by atoms with Crippen molar-refractivity contribution in [2.24, 2.45) is 0 Å². The van der Waals surface area contributed by atoms with Gasteiger partial charge in [0.25, 0.3) is 0 Å². The summed E-state index contributed by atoms with van der Waals surface area (Å²) in [6, 6.07) is 22.1. The molecule has 2 aromatic carbocycles. The van der Waals surface area contributed by atoms with Crippen molar-refractivity contribution in [2.75, 3.05) is 14.1 Å². The second kappa shape index (κ2) is 5.88. The molecule has 18 heavy (non-hydrogen) atoms. The fourth-order valence-corrected chi connectivity index (χ4v) is 2.32. The van der Waals surface area contributed by atoms with Crippen LogP contribution in [0.3, 0.4) is 0 Å². The molecule has 0 spiro atoms. The Morgan fingerprint density at radius 2 is 1.50 bits per heavy atom. The molecule has 0 saturated heterocycles. The Balaban J connectivity index is 2.42. The first-order valence-electron chi connectivity index (χ1n) is 6.37. The molecule has 91 valence electrons. The Hall–Kier alpha value is -1.54. The van der Waals surface area contributed by atoms with Gasteiger partial charge in [0.15, 0.2) is 0 Å². The van der Waals surface area contributed by atoms with Crippen LogP contribution in [0.5, 0.6) is 0 Å². The first kappa shape index (κ1) is 12.9. The lowest BCUT2D eigenvalue weighted by molar-refractivity contribution is 0.390. The van der Waals surface area contributed by atoms with Gasteiger partial charge in [-0.3, -0.25) is 0 Å². The second-order valence-corrected chi connectivity index (χ2v) is 4.93. The van der Waals surface area contributed by atoms with E-state index in [1.165, 1.54) is 10.9 Å². The van der Waals surface area contributed by atoms with Gasteiger partial charge in [-0.25, -0.2) is 0 Å². The van der Waals surface area contributed by atoms with Crippen LogP contribution >= 0.6 is 0 Å². The molecule has 0 saturated carbocycles. The van der Waals surface area contributed by atoms with E-state index in [0.29, 0.717) is 12.7 Å². The van der Waals surface area contributed by atoms with E-state index in [1.807, 2.05) is 12.1 Å². The lowest BCUT2D eigenvalue weighted by Crippen LogP contribution is -2.55. The summed E-state index contributed by atoms with van der Waals surface area (Å²) in [6.45, 7) is 2.67. The van der Waals surface area contributed by atoms with Crippen LogP contribution in [-0.4, -0.2) is 31.6 Å². The van der Waals surface area contributed by atoms with Crippen molar-refractivity contribution in [3.05, 3.63) is 60.7 Å². The highest BCUT2D eigenvalue weighted by Gasteiger charge is 2.26. The van der Waals surface area contributed by atoms with Crippen molar-refractivity contribution < 1.29 is 0 Å². The Morgan fingerprint density at radius 3 is 2.06 bits per heavy atom. The minimum atomic E-state index is 0.399. The highest BCUT2D eigenvalue weighted by Crippen LogP contribution is 2.01. The summed E-state index contributed by atoms with van der Waals surface area (Å²) in [6.07, 6.45) is 0. The Bertz CT molecular complexity index is 427. The van der Waals surface area contributed by atoms with E-state index in [0.717, 1.165) is 0 Å². The maximum absolute atomic E-state index is 3.09. The van der Waals surface area contributed by atoms with Gasteiger partial charge in [-0.05, 0) is 26.1 Å². The van der Waals surface area contributed by atoms with Crippen molar-refractivity contribution in [1.82, 2.24) is 4.90 Å². The molecule has 0 amide bonds. The Morgan fingerprint density at radius 1 is 0.944 bits per heavy atom. The van der Waals surface area contributed by atoms with Gasteiger partial charge >= 0.3 is 0 Å². The summed E-state index contributed by atoms with van der Waals surface area (Å²) in [5.41, 5.74) is 2.71. The molecule has 0 aliphatic heterocycles. The predicted molar refractivity (Wildman–Crippen MR) is 79.9 cm³/mol. The zero-order chi connectivity index (χ0) is 13.0. The largest absolute Gasteiger partial charge is 0.313 e. The molecule has 0 heterocycles. The van der Waals surface area contributed by atoms with Crippen molar-refractivity contribution in [3.8, 4) is 0 Å². The standard InChI is InChI=1S/C16H19BN/c1-14(18(2)3)17(15-10-6-4-7-11-15)16-12-8-5-9-13-16/h4,6-14H,1-3H3. The average Bonchev–Trinajstić information content (AvgIpc) is 2.41. The summed E-state index contributed by atoms with van der Waals surface area (Å²) in [5, 5.41) is 0. The molecule has 0 bridgehead atoms. The SMILES string of the molecule is CC(B(c1cc[c]cc1)c1ccccc1)N(C)C. The number of hydrogen-bond donors (Lipinski definition) is 0. The second-order valence-electron chi connectivity index (χ2n) is 4.93. The number of benzene rings is 2. The first-order chi connectivity index (χ1) is 8.70. The molecule has 0 N–H and O–H groups in total. The van der Waals surface area contributed by atoms with Crippen LogP contribution in [0.25, 0.3) is 0 Å². The molecule has 0 fully saturated rings. The van der Waals surface area contributed by atoms with E-state index in [4.69, 9.17) is 0 Å². The van der Waals surface area contributed by atoms with E-state index in [-0.39, 0.29) is 0 Å². The molecular weight excluding hydrogens is 217 g/mol. The van der Waals surface area contributed by atoms with E-state index in [2.05, 4.69) is 74.4 Å². The zero-order valence-corrected chi connectivity index (χ0v) is 11.3. The van der Waals surface area contributed by atoms with Crippen LogP contribution in [0, 0.1) is 6.07 Å². The smallest absolute Gasteiger partial charge is 0.226 e. The Kier molecular flexibility index (Phi) is 4.21. The van der Waals surface area contributed by atoms with E-state index < -0.39 is 0 Å². The van der Waals surface area contributed by atoms with Gasteiger partial charge in [0, 0.05) is 0 Å². The highest BCUT2D eigenvalue weighted by molar-refractivity contribution is 6.86. The topological polar surface area (TPSA) is 3.24 Å². The molecule has 1 atom stereocenters. The zero-order valence-electron chi connectivity index (χ0n) is 11.3. The summed E-state index contributed by atoms with van der Waals surface area (Å²) in [4.78, 5) is 2.27. The minimum absolute atomic E-state index is 0.399. The quantitative estimate of drug-likeness (QED) is 0.728. The average molecular weight is 236 g/mol. The normalized spacial score (nSPS) is 12.4. The molecule has 1 unspecified atom stereocenters. The summed E-state index contributed by atoms with van der Waals surface area (Å²) >= 11 is 0. The summed E-state index contributed by atoms with van der Waals surface area (Å²) in [7, 11) is 4.27. The molecule has 0 aromatic heterocycles. The number of nitrogens with zero attached hydrogens (tertiary/aromatic N) is 1. The monoisotopic (exact) mass is 236 g/mol. The van der Waals surface area contributed by atoms with Gasteiger partial charge in [-0.1, -0.05) is 72.4 Å². The van der Waals surface area contributed by atoms with Crippen molar-refractivity contribution in [1.29, 1.82) is 0 Å². The molecular formula is C16H19BN. The maximum Gasteiger partial charge on any atom is 0.226 e. The van der Waals surface area contributed by atoms with Crippen LogP contribution in [-0.2, 0) is 0 Å². The third-order valence-corrected chi connectivity index (χ3v) is 3.56. The molecule has 0 aliphatic carbocycles. The van der Waals surface area contributed by atoms with Crippen LogP contribution < -0.4 is 10.9 Å². The molecule has 2 heteroatoms. The van der Waals surface area contributed by atoms with Crippen LogP contribution in [0.1, 0.15) is 6.92 Å². The van der Waals surface area contributed by atoms with E-state index in [1.54, 1.807) is 0 Å². The third kappa shape index (κ3) is 2.83. The van der Waals surface area contributed by atoms with Crippen LogP contribution in [0.2, 0.25) is 0 Å². The molecule has 0 aliphatic rings. The summed E-state index contributed by atoms with van der Waals surface area (Å²) in [5.74, 6) is 0.454. The highest BCUT2D eigenvalue weighted by atomic mass is 15.1. The van der Waals surface area contributed by atoms with E-state index in [9.17, 15) is 0 Å². The maximum atomic E-state index is 3.09. The van der Waals surface area contributed by atoms with Crippen molar-refractivity contribution in [2.45, 2.75) is 12.9 Å². The first-order valence-corrected chi connectivity index (χ1v) is 6.37. The van der Waals surface area contributed by atoms with Crippen molar-refractivity contribution in [3.63, 3.8) is 0 Å². The lowest BCUT2D eigenvalue weighted by atomic mass is 9.36. The van der Waals surface area contributed by atoms with Gasteiger partial charge in [-0.2, -0.15) is 0 Å². The fraction of sp³-hybridized carbons (Fsp3) is 0.250. The Labute approximate surface area is 111 Å². The van der Waals surface area contributed by atoms with Gasteiger partial charge in [0.2, 0.25) is 6.71 Å². The molecule has 1 radical (unpaired) electrons. The van der Waals surface area contributed by atoms with Gasteiger partial charge in [0.05, 0.1) is 0 Å². The lowest BCUT2D eigenvalue weighted by Gasteiger charge is -2.27. The van der Waals surface area contributed by atoms with Gasteiger partial charge < -0.3 is 4.90 Å². The summed E-state index contributed by atoms with van der Waals surface area (Å²) < 4.78 is 0. The van der Waals surface area contributed by atoms with Gasteiger partial charge in [0.1, 0.15) is 0 Å². The van der Waals surface area contributed by atoms with Gasteiger partial charge in [-0.15, -0.1) is 0 Å². The number of hydrogen-bond acceptors (Lipinski definition) is 1.